The Labute approximate surface area is 189 Å². The van der Waals surface area contributed by atoms with Crippen molar-refractivity contribution in [3.63, 3.8) is 0 Å². The lowest BCUT2D eigenvalue weighted by Crippen LogP contribution is -2.39. The number of hydrogen-bond donors (Lipinski definition) is 0. The zero-order valence-corrected chi connectivity index (χ0v) is 18.5. The van der Waals surface area contributed by atoms with Gasteiger partial charge in [-0.25, -0.2) is 4.39 Å². The van der Waals surface area contributed by atoms with Crippen LogP contribution in [-0.4, -0.2) is 35.5 Å². The number of pyridine rings is 1. The first-order valence-corrected chi connectivity index (χ1v) is 11.2. The van der Waals surface area contributed by atoms with Gasteiger partial charge in [-0.3, -0.25) is 9.78 Å². The topological polar surface area (TPSA) is 42.4 Å². The summed E-state index contributed by atoms with van der Waals surface area (Å²) >= 11 is 0. The minimum atomic E-state index is -0.343. The average Bonchev–Trinajstić information content (AvgIpc) is 2.80. The van der Waals surface area contributed by atoms with E-state index in [4.69, 9.17) is 9.72 Å². The van der Waals surface area contributed by atoms with Crippen molar-refractivity contribution in [3.8, 4) is 5.75 Å². The van der Waals surface area contributed by atoms with Crippen LogP contribution in [0.2, 0.25) is 0 Å². The fourth-order valence-corrected chi connectivity index (χ4v) is 4.26. The first kappa shape index (κ1) is 22.0. The van der Waals surface area contributed by atoms with Gasteiger partial charge in [0.1, 0.15) is 11.6 Å². The zero-order valence-electron chi connectivity index (χ0n) is 18.5. The normalized spacial score (nSPS) is 16.1. The molecular formula is C27H29FN2O2. The lowest BCUT2D eigenvalue weighted by molar-refractivity contribution is -0.132. The summed E-state index contributed by atoms with van der Waals surface area (Å²) < 4.78 is 18.8. The molecule has 0 aliphatic carbocycles. The number of ether oxygens (including phenoxy) is 1. The summed E-state index contributed by atoms with van der Waals surface area (Å²) in [5, 5.41) is 0. The van der Waals surface area contributed by atoms with Gasteiger partial charge < -0.3 is 9.64 Å². The van der Waals surface area contributed by atoms with E-state index in [-0.39, 0.29) is 30.7 Å². The molecule has 32 heavy (non-hydrogen) atoms. The molecule has 1 atom stereocenters. The zero-order chi connectivity index (χ0) is 22.3. The number of aryl methyl sites for hydroxylation is 1. The molecule has 1 aliphatic heterocycles. The fourth-order valence-electron chi connectivity index (χ4n) is 4.26. The summed E-state index contributed by atoms with van der Waals surface area (Å²) in [7, 11) is 0. The number of likely N-dealkylation sites (tertiary alicyclic amines) is 1. The van der Waals surface area contributed by atoms with E-state index in [1.807, 2.05) is 11.1 Å². The molecule has 0 spiro atoms. The number of hydrogen-bond acceptors (Lipinski definition) is 3. The molecule has 0 unspecified atom stereocenters. The molecule has 2 heterocycles. The molecule has 4 rings (SSSR count). The monoisotopic (exact) mass is 432 g/mol. The van der Waals surface area contributed by atoms with E-state index >= 15 is 0 Å². The first-order valence-electron chi connectivity index (χ1n) is 11.2. The van der Waals surface area contributed by atoms with Gasteiger partial charge in [0, 0.05) is 37.0 Å². The average molecular weight is 433 g/mol. The first-order chi connectivity index (χ1) is 15.6. The van der Waals surface area contributed by atoms with Crippen molar-refractivity contribution in [1.82, 2.24) is 9.88 Å². The van der Waals surface area contributed by atoms with Crippen LogP contribution < -0.4 is 4.74 Å². The standard InChI is InChI=1S/C27H29FN2O2/c1-20-5-2-6-21(15-20)16-22-10-11-26(29-18-22)23-7-4-13-30(19-23)27(31)12-14-32-25-9-3-8-24(28)17-25/h2-3,5-6,8-11,15,17-18,23H,4,7,12-14,16,19H2,1H3/t23-/m0/s1. The summed E-state index contributed by atoms with van der Waals surface area (Å²) in [6.07, 6.45) is 5.12. The Morgan fingerprint density at radius 2 is 2.00 bits per heavy atom. The van der Waals surface area contributed by atoms with Crippen LogP contribution in [0.5, 0.6) is 5.75 Å². The van der Waals surface area contributed by atoms with Crippen molar-refractivity contribution in [2.45, 2.75) is 38.5 Å². The molecule has 0 saturated carbocycles. The molecular weight excluding hydrogens is 403 g/mol. The maximum absolute atomic E-state index is 13.2. The Kier molecular flexibility index (Phi) is 7.15. The highest BCUT2D eigenvalue weighted by Gasteiger charge is 2.25. The molecule has 3 aromatic rings. The van der Waals surface area contributed by atoms with Gasteiger partial charge in [-0.2, -0.15) is 0 Å². The largest absolute Gasteiger partial charge is 0.493 e. The predicted octanol–water partition coefficient (Wildman–Crippen LogP) is 5.30. The lowest BCUT2D eigenvalue weighted by Gasteiger charge is -2.32. The molecule has 1 aliphatic rings. The van der Waals surface area contributed by atoms with Crippen LogP contribution in [0.4, 0.5) is 4.39 Å². The highest BCUT2D eigenvalue weighted by molar-refractivity contribution is 5.76. The second-order valence-corrected chi connectivity index (χ2v) is 8.49. The number of halogens is 1. The Hall–Kier alpha value is -3.21. The van der Waals surface area contributed by atoms with E-state index < -0.39 is 0 Å². The second kappa shape index (κ2) is 10.4. The van der Waals surface area contributed by atoms with Gasteiger partial charge in [0.2, 0.25) is 5.91 Å². The maximum Gasteiger partial charge on any atom is 0.226 e. The highest BCUT2D eigenvalue weighted by atomic mass is 19.1. The summed E-state index contributed by atoms with van der Waals surface area (Å²) in [5.74, 6) is 0.432. The van der Waals surface area contributed by atoms with Gasteiger partial charge in [-0.15, -0.1) is 0 Å². The van der Waals surface area contributed by atoms with Gasteiger partial charge in [0.05, 0.1) is 13.0 Å². The van der Waals surface area contributed by atoms with Crippen LogP contribution in [0.1, 0.15) is 47.6 Å². The van der Waals surface area contributed by atoms with E-state index in [0.29, 0.717) is 12.3 Å². The number of aromatic nitrogens is 1. The van der Waals surface area contributed by atoms with Crippen molar-refractivity contribution in [2.24, 2.45) is 0 Å². The molecule has 1 fully saturated rings. The number of rotatable bonds is 7. The SMILES string of the molecule is Cc1cccc(Cc2ccc([C@H]3CCCN(C(=O)CCOc4cccc(F)c4)C3)nc2)c1. The van der Waals surface area contributed by atoms with Crippen molar-refractivity contribution in [3.05, 3.63) is 95.1 Å². The van der Waals surface area contributed by atoms with Gasteiger partial charge in [-0.05, 0) is 55.5 Å². The Bertz CT molecular complexity index is 1050. The number of piperidine rings is 1. The Morgan fingerprint density at radius 3 is 2.78 bits per heavy atom. The van der Waals surface area contributed by atoms with Crippen molar-refractivity contribution >= 4 is 5.91 Å². The molecule has 0 radical (unpaired) electrons. The predicted molar refractivity (Wildman–Crippen MR) is 123 cm³/mol. The van der Waals surface area contributed by atoms with Crippen LogP contribution >= 0.6 is 0 Å². The van der Waals surface area contributed by atoms with E-state index in [1.54, 1.807) is 12.1 Å². The molecule has 1 aromatic heterocycles. The molecule has 4 nitrogen and oxygen atoms in total. The van der Waals surface area contributed by atoms with Crippen LogP contribution in [0.3, 0.4) is 0 Å². The molecule has 1 amide bonds. The summed E-state index contributed by atoms with van der Waals surface area (Å²) in [4.78, 5) is 19.3. The molecule has 1 saturated heterocycles. The Morgan fingerprint density at radius 1 is 1.12 bits per heavy atom. The molecule has 0 bridgehead atoms. The van der Waals surface area contributed by atoms with Crippen LogP contribution in [0.25, 0.3) is 0 Å². The quantitative estimate of drug-likeness (QED) is 0.509. The molecule has 0 N–H and O–H groups in total. The number of carbonyl (C=O) groups excluding carboxylic acids is 1. The van der Waals surface area contributed by atoms with E-state index in [0.717, 1.165) is 31.5 Å². The minimum absolute atomic E-state index is 0.0715. The Balaban J connectivity index is 1.29. The van der Waals surface area contributed by atoms with Crippen LogP contribution in [-0.2, 0) is 11.2 Å². The van der Waals surface area contributed by atoms with E-state index in [1.165, 1.54) is 28.8 Å². The fraction of sp³-hybridized carbons (Fsp3) is 0.333. The van der Waals surface area contributed by atoms with E-state index in [2.05, 4.69) is 43.3 Å². The summed E-state index contributed by atoms with van der Waals surface area (Å²) in [5.41, 5.74) is 4.79. The van der Waals surface area contributed by atoms with Gasteiger partial charge in [0.25, 0.3) is 0 Å². The molecule has 166 valence electrons. The third-order valence-corrected chi connectivity index (χ3v) is 5.91. The third-order valence-electron chi connectivity index (χ3n) is 5.91. The van der Waals surface area contributed by atoms with Crippen molar-refractivity contribution < 1.29 is 13.9 Å². The van der Waals surface area contributed by atoms with Crippen LogP contribution in [0, 0.1) is 12.7 Å². The minimum Gasteiger partial charge on any atom is -0.493 e. The van der Waals surface area contributed by atoms with E-state index in [9.17, 15) is 9.18 Å². The number of benzene rings is 2. The lowest BCUT2D eigenvalue weighted by atomic mass is 9.93. The van der Waals surface area contributed by atoms with Crippen molar-refractivity contribution in [2.75, 3.05) is 19.7 Å². The number of nitrogens with zero attached hydrogens (tertiary/aromatic N) is 2. The van der Waals surface area contributed by atoms with Crippen molar-refractivity contribution in [1.29, 1.82) is 0 Å². The number of amides is 1. The third kappa shape index (κ3) is 5.94. The smallest absolute Gasteiger partial charge is 0.226 e. The second-order valence-electron chi connectivity index (χ2n) is 8.49. The summed E-state index contributed by atoms with van der Waals surface area (Å²) in [6.45, 7) is 3.80. The van der Waals surface area contributed by atoms with Gasteiger partial charge in [0.15, 0.2) is 0 Å². The number of carbonyl (C=O) groups is 1. The van der Waals surface area contributed by atoms with Crippen LogP contribution in [0.15, 0.2) is 66.9 Å². The summed E-state index contributed by atoms with van der Waals surface area (Å²) in [6, 6.07) is 18.8. The maximum atomic E-state index is 13.2. The van der Waals surface area contributed by atoms with Gasteiger partial charge >= 0.3 is 0 Å². The molecule has 2 aromatic carbocycles. The molecule has 5 heteroatoms. The highest BCUT2D eigenvalue weighted by Crippen LogP contribution is 2.26. The van der Waals surface area contributed by atoms with Gasteiger partial charge in [-0.1, -0.05) is 42.0 Å².